The van der Waals surface area contributed by atoms with Crippen molar-refractivity contribution in [3.05, 3.63) is 28.4 Å². The molecule has 0 atom stereocenters. The van der Waals surface area contributed by atoms with E-state index in [1.807, 2.05) is 4.90 Å². The van der Waals surface area contributed by atoms with Crippen molar-refractivity contribution in [1.82, 2.24) is 4.98 Å². The zero-order valence-electron chi connectivity index (χ0n) is 10.6. The van der Waals surface area contributed by atoms with Gasteiger partial charge in [-0.05, 0) is 19.8 Å². The third-order valence-electron chi connectivity index (χ3n) is 3.65. The standard InChI is InChI=1S/C12H15N3O4/c1-12(11(16)17)3-6-14(7-4-12)10-8-9(15(18)19)2-5-13-10/h2,5,8H,3-4,6-7H2,1H3,(H,16,17). The summed E-state index contributed by atoms with van der Waals surface area (Å²) >= 11 is 0. The molecule has 0 aliphatic carbocycles. The maximum Gasteiger partial charge on any atom is 0.309 e. The third-order valence-corrected chi connectivity index (χ3v) is 3.65. The second kappa shape index (κ2) is 4.83. The van der Waals surface area contributed by atoms with Gasteiger partial charge in [0.25, 0.3) is 5.69 Å². The first-order valence-corrected chi connectivity index (χ1v) is 6.01. The molecule has 0 saturated carbocycles. The summed E-state index contributed by atoms with van der Waals surface area (Å²) in [5, 5.41) is 19.9. The van der Waals surface area contributed by atoms with Gasteiger partial charge in [-0.25, -0.2) is 4.98 Å². The number of piperidine rings is 1. The highest BCUT2D eigenvalue weighted by Crippen LogP contribution is 2.33. The number of carboxylic acids is 1. The molecule has 19 heavy (non-hydrogen) atoms. The van der Waals surface area contributed by atoms with Crippen LogP contribution in [0.5, 0.6) is 0 Å². The maximum absolute atomic E-state index is 11.1. The van der Waals surface area contributed by atoms with E-state index >= 15 is 0 Å². The fourth-order valence-corrected chi connectivity index (χ4v) is 2.14. The predicted octanol–water partition coefficient (Wildman–Crippen LogP) is 1.68. The van der Waals surface area contributed by atoms with Gasteiger partial charge in [-0.2, -0.15) is 0 Å². The fraction of sp³-hybridized carbons (Fsp3) is 0.500. The van der Waals surface area contributed by atoms with Gasteiger partial charge >= 0.3 is 5.97 Å². The molecule has 2 heterocycles. The summed E-state index contributed by atoms with van der Waals surface area (Å²) in [7, 11) is 0. The van der Waals surface area contributed by atoms with Crippen LogP contribution in [-0.2, 0) is 4.79 Å². The van der Waals surface area contributed by atoms with Crippen molar-refractivity contribution in [1.29, 1.82) is 0 Å². The number of carboxylic acid groups (broad SMARTS) is 1. The molecular formula is C12H15N3O4. The smallest absolute Gasteiger partial charge is 0.309 e. The molecule has 0 amide bonds. The molecule has 1 N–H and O–H groups in total. The van der Waals surface area contributed by atoms with Gasteiger partial charge in [-0.3, -0.25) is 14.9 Å². The van der Waals surface area contributed by atoms with E-state index in [1.165, 1.54) is 18.3 Å². The Bertz CT molecular complexity index is 509. The lowest BCUT2D eigenvalue weighted by Crippen LogP contribution is -2.43. The Kier molecular flexibility index (Phi) is 3.37. The largest absolute Gasteiger partial charge is 0.481 e. The average molecular weight is 265 g/mol. The molecular weight excluding hydrogens is 250 g/mol. The fourth-order valence-electron chi connectivity index (χ4n) is 2.14. The number of nitro groups is 1. The zero-order chi connectivity index (χ0) is 14.0. The van der Waals surface area contributed by atoms with E-state index in [2.05, 4.69) is 4.98 Å². The van der Waals surface area contributed by atoms with Gasteiger partial charge < -0.3 is 10.0 Å². The Morgan fingerprint density at radius 3 is 2.68 bits per heavy atom. The lowest BCUT2D eigenvalue weighted by atomic mass is 9.80. The van der Waals surface area contributed by atoms with Crippen LogP contribution in [0.3, 0.4) is 0 Å². The van der Waals surface area contributed by atoms with E-state index in [0.717, 1.165) is 0 Å². The number of carbonyl (C=O) groups is 1. The Morgan fingerprint density at radius 2 is 2.16 bits per heavy atom. The average Bonchev–Trinajstić information content (AvgIpc) is 2.39. The first-order valence-electron chi connectivity index (χ1n) is 6.01. The highest BCUT2D eigenvalue weighted by atomic mass is 16.6. The van der Waals surface area contributed by atoms with Crippen molar-refractivity contribution < 1.29 is 14.8 Å². The molecule has 1 aliphatic rings. The van der Waals surface area contributed by atoms with Crippen LogP contribution in [0, 0.1) is 15.5 Å². The van der Waals surface area contributed by atoms with E-state index in [1.54, 1.807) is 6.92 Å². The molecule has 1 saturated heterocycles. The van der Waals surface area contributed by atoms with E-state index < -0.39 is 16.3 Å². The van der Waals surface area contributed by atoms with Crippen LogP contribution in [0.25, 0.3) is 0 Å². The molecule has 7 heteroatoms. The van der Waals surface area contributed by atoms with Crippen molar-refractivity contribution >= 4 is 17.5 Å². The molecule has 1 fully saturated rings. The van der Waals surface area contributed by atoms with Gasteiger partial charge in [0, 0.05) is 25.4 Å². The van der Waals surface area contributed by atoms with Gasteiger partial charge in [-0.1, -0.05) is 0 Å². The van der Waals surface area contributed by atoms with Crippen LogP contribution >= 0.6 is 0 Å². The molecule has 0 bridgehead atoms. The molecule has 102 valence electrons. The lowest BCUT2D eigenvalue weighted by molar-refractivity contribution is -0.384. The van der Waals surface area contributed by atoms with Crippen molar-refractivity contribution in [3.8, 4) is 0 Å². The molecule has 0 aromatic carbocycles. The monoisotopic (exact) mass is 265 g/mol. The summed E-state index contributed by atoms with van der Waals surface area (Å²) in [5.74, 6) is -0.263. The molecule has 1 aromatic rings. The predicted molar refractivity (Wildman–Crippen MR) is 68.1 cm³/mol. The number of nitrogens with zero attached hydrogens (tertiary/aromatic N) is 3. The normalized spacial score (nSPS) is 18.1. The molecule has 0 unspecified atom stereocenters. The summed E-state index contributed by atoms with van der Waals surface area (Å²) < 4.78 is 0. The minimum absolute atomic E-state index is 0.00318. The van der Waals surface area contributed by atoms with Crippen LogP contribution < -0.4 is 4.90 Å². The maximum atomic E-state index is 11.1. The minimum atomic E-state index is -0.792. The van der Waals surface area contributed by atoms with Crippen molar-refractivity contribution in [3.63, 3.8) is 0 Å². The van der Waals surface area contributed by atoms with Crippen LogP contribution in [0.15, 0.2) is 18.3 Å². The summed E-state index contributed by atoms with van der Waals surface area (Å²) in [5.41, 5.74) is -0.714. The highest BCUT2D eigenvalue weighted by molar-refractivity contribution is 5.74. The second-order valence-electron chi connectivity index (χ2n) is 4.98. The Balaban J connectivity index is 2.12. The Hall–Kier alpha value is -2.18. The molecule has 1 aliphatic heterocycles. The molecule has 7 nitrogen and oxygen atoms in total. The van der Waals surface area contributed by atoms with Crippen LogP contribution in [0.4, 0.5) is 11.5 Å². The first kappa shape index (κ1) is 13.3. The number of aromatic nitrogens is 1. The van der Waals surface area contributed by atoms with Crippen molar-refractivity contribution in [2.45, 2.75) is 19.8 Å². The number of pyridine rings is 1. The molecule has 1 aromatic heterocycles. The number of rotatable bonds is 3. The SMILES string of the molecule is CC1(C(=O)O)CCN(c2cc([N+](=O)[O-])ccn2)CC1. The van der Waals surface area contributed by atoms with Crippen LogP contribution in [0.2, 0.25) is 0 Å². The number of hydrogen-bond acceptors (Lipinski definition) is 5. The Morgan fingerprint density at radius 1 is 1.53 bits per heavy atom. The molecule has 0 spiro atoms. The van der Waals surface area contributed by atoms with E-state index in [-0.39, 0.29) is 5.69 Å². The van der Waals surface area contributed by atoms with Crippen molar-refractivity contribution in [2.24, 2.45) is 5.41 Å². The van der Waals surface area contributed by atoms with Gasteiger partial charge in [0.15, 0.2) is 0 Å². The number of anilines is 1. The summed E-state index contributed by atoms with van der Waals surface area (Å²) in [6.45, 7) is 2.81. The van der Waals surface area contributed by atoms with Gasteiger partial charge in [-0.15, -0.1) is 0 Å². The van der Waals surface area contributed by atoms with E-state index in [9.17, 15) is 14.9 Å². The van der Waals surface area contributed by atoms with Gasteiger partial charge in [0.2, 0.25) is 0 Å². The van der Waals surface area contributed by atoms with E-state index in [0.29, 0.717) is 31.7 Å². The topological polar surface area (TPSA) is 96.6 Å². The van der Waals surface area contributed by atoms with Crippen LogP contribution in [0.1, 0.15) is 19.8 Å². The van der Waals surface area contributed by atoms with Crippen molar-refractivity contribution in [2.75, 3.05) is 18.0 Å². The number of aliphatic carboxylic acids is 1. The summed E-state index contributed by atoms with van der Waals surface area (Å²) in [6.07, 6.45) is 2.41. The van der Waals surface area contributed by atoms with Crippen LogP contribution in [-0.4, -0.2) is 34.1 Å². The first-order chi connectivity index (χ1) is 8.92. The lowest BCUT2D eigenvalue weighted by Gasteiger charge is -2.36. The van der Waals surface area contributed by atoms with E-state index in [4.69, 9.17) is 5.11 Å². The number of hydrogen-bond donors (Lipinski definition) is 1. The molecule has 2 rings (SSSR count). The zero-order valence-corrected chi connectivity index (χ0v) is 10.6. The summed E-state index contributed by atoms with van der Waals surface area (Å²) in [4.78, 5) is 27.4. The second-order valence-corrected chi connectivity index (χ2v) is 4.98. The summed E-state index contributed by atoms with van der Waals surface area (Å²) in [6, 6.07) is 2.76. The third kappa shape index (κ3) is 2.64. The molecule has 0 radical (unpaired) electrons. The minimum Gasteiger partial charge on any atom is -0.481 e. The van der Waals surface area contributed by atoms with Gasteiger partial charge in [0.1, 0.15) is 5.82 Å². The van der Waals surface area contributed by atoms with Gasteiger partial charge in [0.05, 0.1) is 16.4 Å². The Labute approximate surface area is 110 Å². The highest BCUT2D eigenvalue weighted by Gasteiger charge is 2.37. The quantitative estimate of drug-likeness (QED) is 0.659.